The molecule has 4 N–H and O–H groups in total. The van der Waals surface area contributed by atoms with E-state index >= 15 is 0 Å². The van der Waals surface area contributed by atoms with Gasteiger partial charge in [-0.1, -0.05) is 48.0 Å². The molecule has 0 aliphatic carbocycles. The van der Waals surface area contributed by atoms with Crippen LogP contribution in [0.5, 0.6) is 0 Å². The summed E-state index contributed by atoms with van der Waals surface area (Å²) in [7, 11) is 0. The van der Waals surface area contributed by atoms with Gasteiger partial charge in [0.25, 0.3) is 5.56 Å². The Morgan fingerprint density at radius 3 is 2.71 bits per heavy atom. The lowest BCUT2D eigenvalue weighted by molar-refractivity contribution is 0.0689. The van der Waals surface area contributed by atoms with Gasteiger partial charge in [0, 0.05) is 24.3 Å². The zero-order valence-corrected chi connectivity index (χ0v) is 18.8. The van der Waals surface area contributed by atoms with Gasteiger partial charge in [-0.15, -0.1) is 0 Å². The fourth-order valence-electron chi connectivity index (χ4n) is 3.82. The SMILES string of the molecule is O=C(NCc1ccn(-c2cc3nc(C(=O)O)c(=O)[nH]c3cc2Cl)c1)Nc1cccc2ccccc12. The molecule has 10 heteroatoms. The molecule has 0 aliphatic heterocycles. The average Bonchev–Trinajstić information content (AvgIpc) is 3.31. The van der Waals surface area contributed by atoms with E-state index in [0.29, 0.717) is 21.9 Å². The fraction of sp³-hybridized carbons (Fsp3) is 0.0400. The number of carboxylic acids is 1. The number of halogens is 1. The van der Waals surface area contributed by atoms with Crippen LogP contribution in [0.1, 0.15) is 16.1 Å². The van der Waals surface area contributed by atoms with E-state index in [9.17, 15) is 14.4 Å². The molecule has 3 aromatic carbocycles. The highest BCUT2D eigenvalue weighted by Gasteiger charge is 2.14. The molecule has 0 unspecified atom stereocenters. The van der Waals surface area contributed by atoms with E-state index in [0.717, 1.165) is 16.3 Å². The van der Waals surface area contributed by atoms with E-state index in [-0.39, 0.29) is 18.1 Å². The van der Waals surface area contributed by atoms with E-state index in [1.807, 2.05) is 48.5 Å². The molecule has 9 nitrogen and oxygen atoms in total. The molecule has 5 rings (SSSR count). The number of aromatic carboxylic acids is 1. The maximum absolute atomic E-state index is 12.5. The minimum absolute atomic E-state index is 0.267. The number of benzene rings is 3. The van der Waals surface area contributed by atoms with Crippen molar-refractivity contribution in [3.63, 3.8) is 0 Å². The van der Waals surface area contributed by atoms with Crippen LogP contribution in [0, 0.1) is 0 Å². The Kier molecular flexibility index (Phi) is 5.68. The number of hydrogen-bond donors (Lipinski definition) is 4. The van der Waals surface area contributed by atoms with Crippen molar-refractivity contribution in [2.45, 2.75) is 6.54 Å². The van der Waals surface area contributed by atoms with Gasteiger partial charge in [-0.05, 0) is 35.2 Å². The predicted molar refractivity (Wildman–Crippen MR) is 133 cm³/mol. The molecule has 0 fully saturated rings. The van der Waals surface area contributed by atoms with Crippen molar-refractivity contribution in [3.05, 3.63) is 99.7 Å². The molecule has 174 valence electrons. The summed E-state index contributed by atoms with van der Waals surface area (Å²) in [5, 5.41) is 17.2. The maximum Gasteiger partial charge on any atom is 0.360 e. The first kappa shape index (κ1) is 22.2. The molecule has 0 atom stereocenters. The monoisotopic (exact) mass is 487 g/mol. The number of rotatable bonds is 5. The highest BCUT2D eigenvalue weighted by Crippen LogP contribution is 2.26. The first-order chi connectivity index (χ1) is 16.9. The van der Waals surface area contributed by atoms with Crippen LogP contribution in [0.3, 0.4) is 0 Å². The van der Waals surface area contributed by atoms with Crippen LogP contribution < -0.4 is 16.2 Å². The molecule has 0 aliphatic rings. The number of fused-ring (bicyclic) bond motifs is 2. The zero-order valence-electron chi connectivity index (χ0n) is 18.1. The van der Waals surface area contributed by atoms with Crippen LogP contribution in [-0.2, 0) is 6.54 Å². The quantitative estimate of drug-likeness (QED) is 0.289. The van der Waals surface area contributed by atoms with E-state index in [1.165, 1.54) is 6.07 Å². The van der Waals surface area contributed by atoms with Crippen molar-refractivity contribution in [2.24, 2.45) is 0 Å². The molecule has 35 heavy (non-hydrogen) atoms. The molecule has 5 aromatic rings. The van der Waals surface area contributed by atoms with Crippen LogP contribution in [0.2, 0.25) is 5.02 Å². The van der Waals surface area contributed by atoms with Crippen molar-refractivity contribution in [3.8, 4) is 5.69 Å². The Labute approximate surface area is 203 Å². The molecule has 0 spiro atoms. The third-order valence-electron chi connectivity index (χ3n) is 5.49. The van der Waals surface area contributed by atoms with Gasteiger partial charge >= 0.3 is 12.0 Å². The summed E-state index contributed by atoms with van der Waals surface area (Å²) in [4.78, 5) is 42.0. The number of nitrogens with one attached hydrogen (secondary N) is 3. The smallest absolute Gasteiger partial charge is 0.360 e. The maximum atomic E-state index is 12.5. The lowest BCUT2D eigenvalue weighted by Gasteiger charge is -2.10. The zero-order chi connectivity index (χ0) is 24.5. The first-order valence-corrected chi connectivity index (χ1v) is 10.9. The van der Waals surface area contributed by atoms with E-state index in [2.05, 4.69) is 20.6 Å². The van der Waals surface area contributed by atoms with Gasteiger partial charge in [0.05, 0.1) is 27.4 Å². The molecule has 2 amide bonds. The Bertz CT molecular complexity index is 1670. The number of hydrogen-bond acceptors (Lipinski definition) is 4. The number of anilines is 1. The number of amides is 2. The fourth-order valence-corrected chi connectivity index (χ4v) is 4.08. The van der Waals surface area contributed by atoms with Gasteiger partial charge in [0.2, 0.25) is 5.69 Å². The van der Waals surface area contributed by atoms with Crippen molar-refractivity contribution >= 4 is 51.1 Å². The number of aromatic nitrogens is 3. The predicted octanol–water partition coefficient (Wildman–Crippen LogP) is 4.54. The number of carbonyl (C=O) groups excluding carboxylic acids is 1. The minimum Gasteiger partial charge on any atom is -0.476 e. The third-order valence-corrected chi connectivity index (χ3v) is 5.79. The van der Waals surface area contributed by atoms with E-state index in [4.69, 9.17) is 16.7 Å². The highest BCUT2D eigenvalue weighted by atomic mass is 35.5. The molecule has 0 saturated heterocycles. The Morgan fingerprint density at radius 1 is 1.09 bits per heavy atom. The molecule has 0 saturated carbocycles. The Morgan fingerprint density at radius 2 is 1.89 bits per heavy atom. The molecule has 2 aromatic heterocycles. The number of urea groups is 1. The molecule has 0 radical (unpaired) electrons. The molecular weight excluding hydrogens is 470 g/mol. The average molecular weight is 488 g/mol. The topological polar surface area (TPSA) is 129 Å². The van der Waals surface area contributed by atoms with Crippen LogP contribution in [-0.4, -0.2) is 31.6 Å². The summed E-state index contributed by atoms with van der Waals surface area (Å²) in [5.41, 5.74) is 1.28. The largest absolute Gasteiger partial charge is 0.476 e. The first-order valence-electron chi connectivity index (χ1n) is 10.6. The van der Waals surface area contributed by atoms with Crippen LogP contribution in [0.15, 0.2) is 77.9 Å². The van der Waals surface area contributed by atoms with Crippen molar-refractivity contribution in [1.82, 2.24) is 19.9 Å². The Hall–Kier alpha value is -4.63. The normalized spacial score (nSPS) is 11.0. The third kappa shape index (κ3) is 4.44. The van der Waals surface area contributed by atoms with Gasteiger partial charge < -0.3 is 25.3 Å². The van der Waals surface area contributed by atoms with Crippen molar-refractivity contribution < 1.29 is 14.7 Å². The van der Waals surface area contributed by atoms with Gasteiger partial charge in [0.15, 0.2) is 0 Å². The van der Waals surface area contributed by atoms with E-state index < -0.39 is 17.2 Å². The second-order valence-corrected chi connectivity index (χ2v) is 8.21. The second kappa shape index (κ2) is 8.96. The lowest BCUT2D eigenvalue weighted by Crippen LogP contribution is -2.28. The van der Waals surface area contributed by atoms with Gasteiger partial charge in [0.1, 0.15) is 0 Å². The van der Waals surface area contributed by atoms with E-state index in [1.54, 1.807) is 23.0 Å². The van der Waals surface area contributed by atoms with Crippen LogP contribution in [0.4, 0.5) is 10.5 Å². The number of nitrogens with zero attached hydrogens (tertiary/aromatic N) is 2. The van der Waals surface area contributed by atoms with Crippen LogP contribution in [0.25, 0.3) is 27.5 Å². The minimum atomic E-state index is -1.42. The summed E-state index contributed by atoms with van der Waals surface area (Å²) in [6.45, 7) is 0.267. The number of carboxylic acid groups (broad SMARTS) is 1. The number of aromatic amines is 1. The van der Waals surface area contributed by atoms with Crippen LogP contribution >= 0.6 is 11.6 Å². The summed E-state index contributed by atoms with van der Waals surface area (Å²) in [5.74, 6) is -1.42. The highest BCUT2D eigenvalue weighted by molar-refractivity contribution is 6.33. The van der Waals surface area contributed by atoms with Crippen molar-refractivity contribution in [1.29, 1.82) is 0 Å². The van der Waals surface area contributed by atoms with Gasteiger partial charge in [-0.25, -0.2) is 14.6 Å². The molecule has 2 heterocycles. The summed E-state index contributed by atoms with van der Waals surface area (Å²) < 4.78 is 1.73. The summed E-state index contributed by atoms with van der Waals surface area (Å²) >= 11 is 6.40. The molecule has 0 bridgehead atoms. The lowest BCUT2D eigenvalue weighted by atomic mass is 10.1. The number of H-pyrrole nitrogens is 1. The summed E-state index contributed by atoms with van der Waals surface area (Å²) in [6, 6.07) is 18.1. The van der Waals surface area contributed by atoms with Crippen molar-refractivity contribution in [2.75, 3.05) is 5.32 Å². The standard InChI is InChI=1S/C25H18ClN5O4/c26-17-10-19-20(28-22(24(33)34)23(32)29-19)11-21(17)31-9-8-14(13-31)12-27-25(35)30-18-7-3-5-15-4-1-2-6-16(15)18/h1-11,13H,12H2,(H,29,32)(H,33,34)(H2,27,30,35). The van der Waals surface area contributed by atoms with Gasteiger partial charge in [-0.3, -0.25) is 4.79 Å². The second-order valence-electron chi connectivity index (χ2n) is 7.80. The van der Waals surface area contributed by atoms with Gasteiger partial charge in [-0.2, -0.15) is 0 Å². The number of carbonyl (C=O) groups is 2. The molecular formula is C25H18ClN5O4. The Balaban J connectivity index is 1.33. The summed E-state index contributed by atoms with van der Waals surface area (Å²) in [6.07, 6.45) is 3.55.